The maximum atomic E-state index is 12.1. The number of aromatic carboxylic acids is 1. The summed E-state index contributed by atoms with van der Waals surface area (Å²) in [6.07, 6.45) is 5.99. The van der Waals surface area contributed by atoms with E-state index in [1.165, 1.54) is 6.92 Å². The summed E-state index contributed by atoms with van der Waals surface area (Å²) in [4.78, 5) is 10.7. The van der Waals surface area contributed by atoms with Gasteiger partial charge in [0.1, 0.15) is 11.3 Å². The van der Waals surface area contributed by atoms with E-state index >= 15 is 0 Å². The van der Waals surface area contributed by atoms with E-state index < -0.39 is 27.3 Å². The Morgan fingerprint density at radius 3 is 2.65 bits per heavy atom. The highest BCUT2D eigenvalue weighted by Gasteiger charge is 2.21. The monoisotopic (exact) mass is 297 g/mol. The molecule has 0 spiro atoms. The predicted octanol–water partition coefficient (Wildman–Crippen LogP) is 1.09. The number of sulfonamides is 1. The number of hydrogen-bond donors (Lipinski definition) is 3. The summed E-state index contributed by atoms with van der Waals surface area (Å²) in [7, 11) is -3.84. The lowest BCUT2D eigenvalue weighted by atomic mass is 10.1. The van der Waals surface area contributed by atoms with Crippen molar-refractivity contribution in [1.29, 1.82) is 0 Å². The summed E-state index contributed by atoms with van der Waals surface area (Å²) >= 11 is 0. The Kier molecular flexibility index (Phi) is 5.13. The first-order chi connectivity index (χ1) is 9.29. The molecule has 0 saturated carbocycles. The van der Waals surface area contributed by atoms with Crippen LogP contribution in [-0.2, 0) is 10.0 Å². The van der Waals surface area contributed by atoms with Crippen LogP contribution in [0.4, 0.5) is 0 Å². The molecule has 0 fully saturated rings. The van der Waals surface area contributed by atoms with Gasteiger partial charge in [-0.05, 0) is 31.0 Å². The van der Waals surface area contributed by atoms with E-state index in [1.54, 1.807) is 0 Å². The summed E-state index contributed by atoms with van der Waals surface area (Å²) in [6, 6.07) is 2.05. The number of nitrogens with one attached hydrogen (secondary N) is 1. The summed E-state index contributed by atoms with van der Waals surface area (Å²) < 4.78 is 26.5. The first-order valence-corrected chi connectivity index (χ1v) is 7.28. The number of hydrogen-bond acceptors (Lipinski definition) is 4. The summed E-state index contributed by atoms with van der Waals surface area (Å²) in [6.45, 7) is 1.64. The maximum Gasteiger partial charge on any atom is 0.339 e. The van der Waals surface area contributed by atoms with Crippen LogP contribution in [0.15, 0.2) is 17.0 Å². The Labute approximate surface area is 117 Å². The van der Waals surface area contributed by atoms with E-state index in [4.69, 9.17) is 11.5 Å². The van der Waals surface area contributed by atoms with E-state index in [0.29, 0.717) is 12.8 Å². The van der Waals surface area contributed by atoms with Crippen molar-refractivity contribution in [2.45, 2.75) is 24.7 Å². The average molecular weight is 297 g/mol. The second-order valence-corrected chi connectivity index (χ2v) is 5.88. The number of phenols is 1. The third-order valence-corrected chi connectivity index (χ3v) is 4.21. The van der Waals surface area contributed by atoms with Gasteiger partial charge < -0.3 is 10.2 Å². The SMILES string of the molecule is C#CCCCNS(=O)(=O)c1cc(C(=O)O)c(O)cc1C. The van der Waals surface area contributed by atoms with Crippen LogP contribution < -0.4 is 4.72 Å². The van der Waals surface area contributed by atoms with Gasteiger partial charge in [-0.2, -0.15) is 0 Å². The fourth-order valence-electron chi connectivity index (χ4n) is 1.61. The van der Waals surface area contributed by atoms with Crippen molar-refractivity contribution in [2.24, 2.45) is 0 Å². The first-order valence-electron chi connectivity index (χ1n) is 5.79. The highest BCUT2D eigenvalue weighted by molar-refractivity contribution is 7.89. The van der Waals surface area contributed by atoms with Gasteiger partial charge in [-0.15, -0.1) is 12.3 Å². The van der Waals surface area contributed by atoms with Crippen LogP contribution >= 0.6 is 0 Å². The number of benzene rings is 1. The zero-order chi connectivity index (χ0) is 15.3. The van der Waals surface area contributed by atoms with Gasteiger partial charge in [-0.1, -0.05) is 0 Å². The topological polar surface area (TPSA) is 104 Å². The Morgan fingerprint density at radius 2 is 2.10 bits per heavy atom. The van der Waals surface area contributed by atoms with Gasteiger partial charge in [0.2, 0.25) is 10.0 Å². The van der Waals surface area contributed by atoms with Crippen molar-refractivity contribution >= 4 is 16.0 Å². The largest absolute Gasteiger partial charge is 0.507 e. The highest BCUT2D eigenvalue weighted by Crippen LogP contribution is 2.25. The van der Waals surface area contributed by atoms with Crippen molar-refractivity contribution in [3.05, 3.63) is 23.3 Å². The molecule has 0 amide bonds. The van der Waals surface area contributed by atoms with Gasteiger partial charge in [0.15, 0.2) is 0 Å². The molecular formula is C13H15NO5S. The number of rotatable bonds is 6. The summed E-state index contributed by atoms with van der Waals surface area (Å²) in [5.41, 5.74) is -0.198. The predicted molar refractivity (Wildman–Crippen MR) is 73.1 cm³/mol. The van der Waals surface area contributed by atoms with Gasteiger partial charge in [0, 0.05) is 13.0 Å². The van der Waals surface area contributed by atoms with Crippen LogP contribution in [-0.4, -0.2) is 31.1 Å². The zero-order valence-electron chi connectivity index (χ0n) is 10.9. The molecule has 0 aliphatic heterocycles. The fraction of sp³-hybridized carbons (Fsp3) is 0.308. The molecule has 0 heterocycles. The number of terminal acetylenes is 1. The Bertz CT molecular complexity index is 658. The normalized spacial score (nSPS) is 11.0. The minimum absolute atomic E-state index is 0.162. The summed E-state index contributed by atoms with van der Waals surface area (Å²) in [5, 5.41) is 18.4. The molecule has 0 bridgehead atoms. The summed E-state index contributed by atoms with van der Waals surface area (Å²) in [5.74, 6) is 0.523. The quantitative estimate of drug-likeness (QED) is 0.538. The Morgan fingerprint density at radius 1 is 1.45 bits per heavy atom. The molecule has 0 unspecified atom stereocenters. The maximum absolute atomic E-state index is 12.1. The lowest BCUT2D eigenvalue weighted by molar-refractivity contribution is 0.0693. The third-order valence-electron chi connectivity index (χ3n) is 2.60. The standard InChI is InChI=1S/C13H15NO5S/c1-3-4-5-6-14-20(18,19)12-8-10(13(16)17)11(15)7-9(12)2/h1,7-8,14-15H,4-6H2,2H3,(H,16,17). The molecule has 0 aliphatic rings. The molecular weight excluding hydrogens is 282 g/mol. The molecule has 0 atom stereocenters. The van der Waals surface area contributed by atoms with E-state index in [1.807, 2.05) is 0 Å². The van der Waals surface area contributed by atoms with Gasteiger partial charge >= 0.3 is 5.97 Å². The van der Waals surface area contributed by atoms with Gasteiger partial charge in [0.25, 0.3) is 0 Å². The molecule has 0 aliphatic carbocycles. The van der Waals surface area contributed by atoms with Crippen molar-refractivity contribution in [3.8, 4) is 18.1 Å². The zero-order valence-corrected chi connectivity index (χ0v) is 11.7. The molecule has 1 aromatic carbocycles. The molecule has 1 rings (SSSR count). The minimum Gasteiger partial charge on any atom is -0.507 e. The first kappa shape index (κ1) is 16.0. The second-order valence-electron chi connectivity index (χ2n) is 4.15. The number of carbonyl (C=O) groups is 1. The van der Waals surface area contributed by atoms with Crippen molar-refractivity contribution in [2.75, 3.05) is 6.54 Å². The van der Waals surface area contributed by atoms with Crippen LogP contribution in [0.5, 0.6) is 5.75 Å². The lowest BCUT2D eigenvalue weighted by Gasteiger charge is -2.11. The van der Waals surface area contributed by atoms with Crippen LogP contribution in [0.25, 0.3) is 0 Å². The number of carboxylic acid groups (broad SMARTS) is 1. The molecule has 108 valence electrons. The van der Waals surface area contributed by atoms with Gasteiger partial charge in [-0.3, -0.25) is 0 Å². The van der Waals surface area contributed by atoms with Gasteiger partial charge in [0.05, 0.1) is 4.90 Å². The molecule has 20 heavy (non-hydrogen) atoms. The fourth-order valence-corrected chi connectivity index (χ4v) is 2.93. The van der Waals surface area contributed by atoms with E-state index in [-0.39, 0.29) is 17.0 Å². The number of aromatic hydroxyl groups is 1. The van der Waals surface area contributed by atoms with E-state index in [2.05, 4.69) is 10.6 Å². The number of unbranched alkanes of at least 4 members (excludes halogenated alkanes) is 1. The Hall–Kier alpha value is -2.04. The molecule has 0 saturated heterocycles. The molecule has 3 N–H and O–H groups in total. The smallest absolute Gasteiger partial charge is 0.339 e. The lowest BCUT2D eigenvalue weighted by Crippen LogP contribution is -2.25. The van der Waals surface area contributed by atoms with Crippen LogP contribution in [0.2, 0.25) is 0 Å². The van der Waals surface area contributed by atoms with E-state index in [0.717, 1.165) is 12.1 Å². The van der Waals surface area contributed by atoms with Crippen LogP contribution in [0.1, 0.15) is 28.8 Å². The molecule has 0 radical (unpaired) electrons. The van der Waals surface area contributed by atoms with Crippen molar-refractivity contribution < 1.29 is 23.4 Å². The van der Waals surface area contributed by atoms with Crippen LogP contribution in [0, 0.1) is 19.3 Å². The van der Waals surface area contributed by atoms with Crippen LogP contribution in [0.3, 0.4) is 0 Å². The highest BCUT2D eigenvalue weighted by atomic mass is 32.2. The van der Waals surface area contributed by atoms with Gasteiger partial charge in [-0.25, -0.2) is 17.9 Å². The van der Waals surface area contributed by atoms with E-state index in [9.17, 15) is 18.3 Å². The Balaban J connectivity index is 3.09. The third kappa shape index (κ3) is 3.73. The van der Waals surface area contributed by atoms with Crippen molar-refractivity contribution in [1.82, 2.24) is 4.72 Å². The minimum atomic E-state index is -3.84. The molecule has 7 heteroatoms. The second kappa shape index (κ2) is 6.41. The molecule has 1 aromatic rings. The molecule has 0 aromatic heterocycles. The number of carboxylic acids is 1. The average Bonchev–Trinajstić information content (AvgIpc) is 2.33. The van der Waals surface area contributed by atoms with Crippen molar-refractivity contribution in [3.63, 3.8) is 0 Å². The number of aryl methyl sites for hydroxylation is 1. The molecule has 6 nitrogen and oxygen atoms in total.